The average molecular weight is 558 g/mol. The lowest BCUT2D eigenvalue weighted by Gasteiger charge is -2.31. The zero-order valence-corrected chi connectivity index (χ0v) is 25.8. The van der Waals surface area contributed by atoms with Gasteiger partial charge in [0.2, 0.25) is 5.75 Å². The average Bonchev–Trinajstić information content (AvgIpc) is 2.99. The summed E-state index contributed by atoms with van der Waals surface area (Å²) in [5.74, 6) is 3.19. The van der Waals surface area contributed by atoms with E-state index >= 15 is 0 Å². The minimum atomic E-state index is -0.609. The highest BCUT2D eigenvalue weighted by atomic mass is 16.5. The molecule has 0 aliphatic carbocycles. The second-order valence-electron chi connectivity index (χ2n) is 10.6. The summed E-state index contributed by atoms with van der Waals surface area (Å²) in [6.07, 6.45) is 11.6. The Morgan fingerprint density at radius 1 is 0.700 bits per heavy atom. The summed E-state index contributed by atoms with van der Waals surface area (Å²) < 4.78 is 27.6. The molecule has 2 aromatic carbocycles. The number of hydrogen-bond donors (Lipinski definition) is 0. The number of nitrogens with zero attached hydrogens (tertiary/aromatic N) is 1. The third kappa shape index (κ3) is 9.33. The van der Waals surface area contributed by atoms with Crippen LogP contribution in [0.4, 0.5) is 0 Å². The van der Waals surface area contributed by atoms with Crippen molar-refractivity contribution in [3.8, 4) is 28.7 Å². The molecule has 0 heterocycles. The molecule has 1 atom stereocenters. The van der Waals surface area contributed by atoms with Crippen molar-refractivity contribution >= 4 is 6.29 Å². The van der Waals surface area contributed by atoms with Crippen LogP contribution in [0.2, 0.25) is 0 Å². The van der Waals surface area contributed by atoms with Gasteiger partial charge in [0.1, 0.15) is 6.29 Å². The Morgan fingerprint density at radius 3 is 1.88 bits per heavy atom. The number of benzene rings is 2. The van der Waals surface area contributed by atoms with Crippen LogP contribution in [0.25, 0.3) is 0 Å². The van der Waals surface area contributed by atoms with Crippen molar-refractivity contribution in [2.45, 2.75) is 76.5 Å². The topological polar surface area (TPSA) is 66.5 Å². The van der Waals surface area contributed by atoms with Crippen molar-refractivity contribution < 1.29 is 28.5 Å². The smallest absolute Gasteiger partial charge is 0.203 e. The molecule has 2 rings (SSSR count). The van der Waals surface area contributed by atoms with Crippen LogP contribution in [0.3, 0.4) is 0 Å². The predicted molar refractivity (Wildman–Crippen MR) is 162 cm³/mol. The highest BCUT2D eigenvalue weighted by molar-refractivity contribution is 5.71. The number of carbonyl (C=O) groups is 1. The van der Waals surface area contributed by atoms with Gasteiger partial charge in [-0.2, -0.15) is 0 Å². The molecule has 0 aliphatic heterocycles. The first-order valence-corrected chi connectivity index (χ1v) is 14.6. The van der Waals surface area contributed by atoms with Crippen LogP contribution in [0.1, 0.15) is 75.8 Å². The van der Waals surface area contributed by atoms with Gasteiger partial charge in [-0.15, -0.1) is 0 Å². The summed E-state index contributed by atoms with van der Waals surface area (Å²) in [6.45, 7) is 4.03. The Hall–Kier alpha value is -2.93. The summed E-state index contributed by atoms with van der Waals surface area (Å²) in [5, 5.41) is 0. The highest BCUT2D eigenvalue weighted by Crippen LogP contribution is 2.44. The molecule has 1 unspecified atom stereocenters. The summed E-state index contributed by atoms with van der Waals surface area (Å²) in [7, 11) is 10.3. The second-order valence-corrected chi connectivity index (χ2v) is 10.6. The minimum Gasteiger partial charge on any atom is -0.493 e. The van der Waals surface area contributed by atoms with E-state index in [2.05, 4.69) is 24.9 Å². The van der Waals surface area contributed by atoms with Crippen LogP contribution in [0.15, 0.2) is 30.3 Å². The summed E-state index contributed by atoms with van der Waals surface area (Å²) >= 11 is 0. The van der Waals surface area contributed by atoms with E-state index in [0.29, 0.717) is 17.2 Å². The Balaban J connectivity index is 2.14. The molecule has 40 heavy (non-hydrogen) atoms. The lowest BCUT2D eigenvalue weighted by molar-refractivity contribution is -0.113. The molecule has 0 saturated heterocycles. The fourth-order valence-corrected chi connectivity index (χ4v) is 5.32. The molecule has 0 bridgehead atoms. The SMILES string of the molecule is CCCCCCCCC(C=O)(CCCN(C)CCc1ccc(OC)c(OC)c1)c1cc(OC)c(OC)c(OC)c1. The van der Waals surface area contributed by atoms with Crippen molar-refractivity contribution in [2.24, 2.45) is 0 Å². The predicted octanol–water partition coefficient (Wildman–Crippen LogP) is 6.87. The first kappa shape index (κ1) is 33.3. The Labute approximate surface area is 242 Å². The van der Waals surface area contributed by atoms with Gasteiger partial charge in [0.15, 0.2) is 23.0 Å². The van der Waals surface area contributed by atoms with Gasteiger partial charge in [-0.05, 0) is 74.7 Å². The molecule has 0 spiro atoms. The molecule has 224 valence electrons. The van der Waals surface area contributed by atoms with E-state index in [1.165, 1.54) is 31.2 Å². The molecule has 0 fully saturated rings. The van der Waals surface area contributed by atoms with Gasteiger partial charge in [-0.25, -0.2) is 0 Å². The first-order chi connectivity index (χ1) is 19.4. The van der Waals surface area contributed by atoms with Crippen LogP contribution >= 0.6 is 0 Å². The van der Waals surface area contributed by atoms with E-state index < -0.39 is 5.41 Å². The molecule has 0 amide bonds. The number of aldehydes is 1. The zero-order valence-electron chi connectivity index (χ0n) is 25.8. The van der Waals surface area contributed by atoms with Crippen LogP contribution in [-0.2, 0) is 16.6 Å². The standard InChI is InChI=1S/C33H51NO6/c1-8-9-10-11-12-13-18-33(25-35,27-23-30(38-5)32(40-7)31(24-27)39-6)19-14-20-34(2)21-17-26-15-16-28(36-3)29(22-26)37-4/h15-16,22-25H,8-14,17-21H2,1-7H3. The largest absolute Gasteiger partial charge is 0.493 e. The molecule has 0 aliphatic rings. The lowest BCUT2D eigenvalue weighted by atomic mass is 9.73. The van der Waals surface area contributed by atoms with E-state index in [4.69, 9.17) is 23.7 Å². The number of ether oxygens (including phenoxy) is 5. The van der Waals surface area contributed by atoms with E-state index in [1.807, 2.05) is 24.3 Å². The molecule has 2 aromatic rings. The fraction of sp³-hybridized carbons (Fsp3) is 0.606. The number of likely N-dealkylation sites (N-methyl/N-ethyl adjacent to an activating group) is 1. The van der Waals surface area contributed by atoms with Gasteiger partial charge in [0, 0.05) is 6.54 Å². The molecule has 7 nitrogen and oxygen atoms in total. The normalized spacial score (nSPS) is 12.6. The molecule has 0 aromatic heterocycles. The van der Waals surface area contributed by atoms with Crippen molar-refractivity contribution in [3.05, 3.63) is 41.5 Å². The monoisotopic (exact) mass is 557 g/mol. The van der Waals surface area contributed by atoms with Crippen molar-refractivity contribution in [3.63, 3.8) is 0 Å². The molecular weight excluding hydrogens is 506 g/mol. The number of rotatable bonds is 21. The van der Waals surface area contributed by atoms with Gasteiger partial charge in [-0.3, -0.25) is 0 Å². The zero-order chi connectivity index (χ0) is 29.4. The number of carbonyl (C=O) groups excluding carboxylic acids is 1. The Morgan fingerprint density at radius 2 is 1.30 bits per heavy atom. The maximum Gasteiger partial charge on any atom is 0.203 e. The number of methoxy groups -OCH3 is 5. The van der Waals surface area contributed by atoms with Gasteiger partial charge in [-0.1, -0.05) is 51.5 Å². The van der Waals surface area contributed by atoms with Crippen molar-refractivity contribution in [1.82, 2.24) is 4.90 Å². The van der Waals surface area contributed by atoms with Crippen molar-refractivity contribution in [1.29, 1.82) is 0 Å². The Bertz CT molecular complexity index is 1000. The highest BCUT2D eigenvalue weighted by Gasteiger charge is 2.33. The van der Waals surface area contributed by atoms with Crippen LogP contribution in [-0.4, -0.2) is 66.9 Å². The number of unbranched alkanes of at least 4 members (excludes halogenated alkanes) is 5. The second kappa shape index (κ2) is 17.7. The van der Waals surface area contributed by atoms with Crippen molar-refractivity contribution in [2.75, 3.05) is 55.7 Å². The quantitative estimate of drug-likeness (QED) is 0.123. The van der Waals surface area contributed by atoms with Crippen LogP contribution < -0.4 is 23.7 Å². The molecule has 0 saturated carbocycles. The third-order valence-electron chi connectivity index (χ3n) is 7.83. The molecule has 0 N–H and O–H groups in total. The van der Waals surface area contributed by atoms with Gasteiger partial charge >= 0.3 is 0 Å². The molecule has 0 radical (unpaired) electrons. The molecular formula is C33H51NO6. The van der Waals surface area contributed by atoms with Gasteiger partial charge in [0.05, 0.1) is 41.0 Å². The van der Waals surface area contributed by atoms with E-state index in [9.17, 15) is 4.79 Å². The van der Waals surface area contributed by atoms with Gasteiger partial charge in [0.25, 0.3) is 0 Å². The van der Waals surface area contributed by atoms with E-state index in [-0.39, 0.29) is 0 Å². The Kier molecular flexibility index (Phi) is 14.7. The van der Waals surface area contributed by atoms with E-state index in [1.54, 1.807) is 35.5 Å². The first-order valence-electron chi connectivity index (χ1n) is 14.6. The maximum absolute atomic E-state index is 12.9. The number of hydrogen-bond acceptors (Lipinski definition) is 7. The lowest BCUT2D eigenvalue weighted by Crippen LogP contribution is -2.31. The van der Waals surface area contributed by atoms with Crippen LogP contribution in [0, 0.1) is 0 Å². The summed E-state index contributed by atoms with van der Waals surface area (Å²) in [6, 6.07) is 9.97. The minimum absolute atomic E-state index is 0.544. The van der Waals surface area contributed by atoms with Crippen LogP contribution in [0.5, 0.6) is 28.7 Å². The van der Waals surface area contributed by atoms with Gasteiger partial charge < -0.3 is 33.4 Å². The third-order valence-corrected chi connectivity index (χ3v) is 7.83. The van der Waals surface area contributed by atoms with E-state index in [0.717, 1.165) is 75.0 Å². The fourth-order valence-electron chi connectivity index (χ4n) is 5.32. The maximum atomic E-state index is 12.9. The summed E-state index contributed by atoms with van der Waals surface area (Å²) in [4.78, 5) is 15.2. The summed E-state index contributed by atoms with van der Waals surface area (Å²) in [5.41, 5.74) is 1.52. The molecule has 7 heteroatoms.